The first-order chi connectivity index (χ1) is 21.7. The van der Waals surface area contributed by atoms with Crippen molar-refractivity contribution in [1.82, 2.24) is 0 Å². The number of benzene rings is 3. The van der Waals surface area contributed by atoms with Crippen LogP contribution in [0.3, 0.4) is 0 Å². The van der Waals surface area contributed by atoms with E-state index < -0.39 is 39.0 Å². The molecule has 0 bridgehead atoms. The summed E-state index contributed by atoms with van der Waals surface area (Å²) < 4.78 is 40.3. The average Bonchev–Trinajstić information content (AvgIpc) is 3.03. The number of allylic oxidation sites excluding steroid dienone is 1. The first-order valence-corrected chi connectivity index (χ1v) is 19.1. The standard InChI is InChI=1S/C38H52O6Si/c1-7-8-18-25-40-37-36(44-45(5,6)38(2,3)4)35(42-28-32-23-16-11-17-24-32)34(41-27-31-21-14-10-15-22-31)33(43-37)29-39-26-30-19-12-9-13-20-30/h7,9-17,19-24,33-37H,1,8,18,25-29H2,2-6H3/t33-,34-,35+,36+,37+/m1/s1. The van der Waals surface area contributed by atoms with Crippen molar-refractivity contribution in [3.63, 3.8) is 0 Å². The molecule has 0 radical (unpaired) electrons. The first kappa shape index (κ1) is 35.2. The minimum absolute atomic E-state index is 0.0274. The van der Waals surface area contributed by atoms with Crippen LogP contribution in [0.5, 0.6) is 0 Å². The second-order valence-electron chi connectivity index (χ2n) is 13.2. The Morgan fingerprint density at radius 3 is 1.73 bits per heavy atom. The summed E-state index contributed by atoms with van der Waals surface area (Å²) in [7, 11) is -2.29. The van der Waals surface area contributed by atoms with Gasteiger partial charge in [-0.1, -0.05) is 118 Å². The van der Waals surface area contributed by atoms with E-state index in [1.54, 1.807) is 0 Å². The van der Waals surface area contributed by atoms with Crippen molar-refractivity contribution in [3.8, 4) is 0 Å². The summed E-state index contributed by atoms with van der Waals surface area (Å²) in [6.45, 7) is 17.2. The van der Waals surface area contributed by atoms with Crippen LogP contribution < -0.4 is 0 Å². The number of hydrogen-bond acceptors (Lipinski definition) is 6. The molecule has 7 heteroatoms. The Kier molecular flexibility index (Phi) is 13.6. The fraction of sp³-hybridized carbons (Fsp3) is 0.474. The Balaban J connectivity index is 1.67. The largest absolute Gasteiger partial charge is 0.406 e. The molecule has 1 heterocycles. The van der Waals surface area contributed by atoms with Crippen LogP contribution >= 0.6 is 0 Å². The molecule has 0 unspecified atom stereocenters. The third-order valence-corrected chi connectivity index (χ3v) is 13.1. The van der Waals surface area contributed by atoms with Gasteiger partial charge in [-0.2, -0.15) is 0 Å². The lowest BCUT2D eigenvalue weighted by Gasteiger charge is -2.49. The van der Waals surface area contributed by atoms with Crippen molar-refractivity contribution in [2.75, 3.05) is 13.2 Å². The van der Waals surface area contributed by atoms with E-state index >= 15 is 0 Å². The van der Waals surface area contributed by atoms with E-state index in [1.807, 2.05) is 60.7 Å². The summed E-state index contributed by atoms with van der Waals surface area (Å²) in [5, 5.41) is -0.0274. The van der Waals surface area contributed by atoms with Crippen molar-refractivity contribution < 1.29 is 28.1 Å². The lowest BCUT2D eigenvalue weighted by Crippen LogP contribution is -2.64. The van der Waals surface area contributed by atoms with Crippen LogP contribution in [-0.2, 0) is 47.9 Å². The SMILES string of the molecule is C=CCCCO[C@H]1O[C@H](COCc2ccccc2)[C@@H](OCc2ccccc2)[C@H](OCc2ccccc2)[C@@H]1O[Si](C)(C)C(C)(C)C. The Labute approximate surface area is 271 Å². The molecule has 244 valence electrons. The predicted octanol–water partition coefficient (Wildman–Crippen LogP) is 8.47. The third-order valence-electron chi connectivity index (χ3n) is 8.63. The smallest absolute Gasteiger partial charge is 0.192 e. The zero-order valence-electron chi connectivity index (χ0n) is 27.7. The lowest BCUT2D eigenvalue weighted by molar-refractivity contribution is -0.315. The Morgan fingerprint density at radius 1 is 0.711 bits per heavy atom. The van der Waals surface area contributed by atoms with Crippen LogP contribution in [0, 0.1) is 0 Å². The van der Waals surface area contributed by atoms with Gasteiger partial charge in [0.15, 0.2) is 14.6 Å². The van der Waals surface area contributed by atoms with Gasteiger partial charge in [0.05, 0.1) is 33.0 Å². The Bertz CT molecular complexity index is 1250. The highest BCUT2D eigenvalue weighted by molar-refractivity contribution is 6.74. The second kappa shape index (κ2) is 17.3. The monoisotopic (exact) mass is 632 g/mol. The fourth-order valence-corrected chi connectivity index (χ4v) is 6.29. The van der Waals surface area contributed by atoms with E-state index in [2.05, 4.69) is 76.8 Å². The van der Waals surface area contributed by atoms with Crippen LogP contribution in [0.25, 0.3) is 0 Å². The van der Waals surface area contributed by atoms with E-state index in [9.17, 15) is 0 Å². The van der Waals surface area contributed by atoms with E-state index in [4.69, 9.17) is 28.1 Å². The van der Waals surface area contributed by atoms with Crippen LogP contribution in [-0.4, -0.2) is 52.2 Å². The fourth-order valence-electron chi connectivity index (χ4n) is 5.01. The van der Waals surface area contributed by atoms with Gasteiger partial charge in [0.1, 0.15) is 24.4 Å². The molecular formula is C38H52O6Si. The van der Waals surface area contributed by atoms with Gasteiger partial charge >= 0.3 is 0 Å². The molecule has 0 spiro atoms. The highest BCUT2D eigenvalue weighted by Gasteiger charge is 2.52. The van der Waals surface area contributed by atoms with Crippen molar-refractivity contribution in [2.45, 2.75) is 102 Å². The normalized spacial score (nSPS) is 22.3. The maximum Gasteiger partial charge on any atom is 0.192 e. The van der Waals surface area contributed by atoms with Gasteiger partial charge in [0.25, 0.3) is 0 Å². The van der Waals surface area contributed by atoms with Gasteiger partial charge in [-0.3, -0.25) is 0 Å². The summed E-state index contributed by atoms with van der Waals surface area (Å²) in [5.74, 6) is 0. The highest BCUT2D eigenvalue weighted by Crippen LogP contribution is 2.41. The molecule has 0 aliphatic carbocycles. The molecule has 45 heavy (non-hydrogen) atoms. The summed E-state index contributed by atoms with van der Waals surface area (Å²) in [5.41, 5.74) is 3.26. The topological polar surface area (TPSA) is 55.4 Å². The predicted molar refractivity (Wildman–Crippen MR) is 182 cm³/mol. The molecule has 0 aromatic heterocycles. The van der Waals surface area contributed by atoms with Crippen LogP contribution in [0.2, 0.25) is 18.1 Å². The molecular weight excluding hydrogens is 580 g/mol. The van der Waals surface area contributed by atoms with E-state index in [-0.39, 0.29) is 5.04 Å². The van der Waals surface area contributed by atoms with Crippen LogP contribution in [0.4, 0.5) is 0 Å². The third kappa shape index (κ3) is 10.7. The zero-order chi connectivity index (χ0) is 32.1. The van der Waals surface area contributed by atoms with Gasteiger partial charge < -0.3 is 28.1 Å². The Hall–Kier alpha value is -2.62. The number of rotatable bonds is 17. The first-order valence-electron chi connectivity index (χ1n) is 16.2. The lowest BCUT2D eigenvalue weighted by atomic mass is 9.98. The Morgan fingerprint density at radius 2 is 1.22 bits per heavy atom. The summed E-state index contributed by atoms with van der Waals surface area (Å²) in [6, 6.07) is 30.6. The molecule has 3 aromatic rings. The van der Waals surface area contributed by atoms with Crippen LogP contribution in [0.1, 0.15) is 50.3 Å². The van der Waals surface area contributed by atoms with Crippen molar-refractivity contribution in [2.24, 2.45) is 0 Å². The number of ether oxygens (including phenoxy) is 5. The summed E-state index contributed by atoms with van der Waals surface area (Å²) in [4.78, 5) is 0. The number of unbranched alkanes of at least 4 members (excludes halogenated alkanes) is 1. The molecule has 1 fully saturated rings. The minimum atomic E-state index is -2.29. The van der Waals surface area contributed by atoms with E-state index in [1.165, 1.54) is 0 Å². The minimum Gasteiger partial charge on any atom is -0.406 e. The quantitative estimate of drug-likeness (QED) is 0.0846. The molecule has 1 aliphatic heterocycles. The summed E-state index contributed by atoms with van der Waals surface area (Å²) >= 11 is 0. The molecule has 5 atom stereocenters. The maximum atomic E-state index is 7.14. The zero-order valence-corrected chi connectivity index (χ0v) is 28.7. The molecule has 4 rings (SSSR count). The number of hydrogen-bond donors (Lipinski definition) is 0. The molecule has 0 N–H and O–H groups in total. The van der Waals surface area contributed by atoms with E-state index in [0.717, 1.165) is 29.5 Å². The molecule has 0 amide bonds. The molecule has 6 nitrogen and oxygen atoms in total. The second-order valence-corrected chi connectivity index (χ2v) is 18.0. The van der Waals surface area contributed by atoms with Crippen LogP contribution in [0.15, 0.2) is 104 Å². The van der Waals surface area contributed by atoms with Gasteiger partial charge in [0, 0.05) is 0 Å². The van der Waals surface area contributed by atoms with Gasteiger partial charge in [0.2, 0.25) is 0 Å². The highest BCUT2D eigenvalue weighted by atomic mass is 28.4. The van der Waals surface area contributed by atoms with Crippen molar-refractivity contribution in [1.29, 1.82) is 0 Å². The van der Waals surface area contributed by atoms with Gasteiger partial charge in [-0.05, 0) is 47.7 Å². The molecule has 1 aliphatic rings. The van der Waals surface area contributed by atoms with Crippen molar-refractivity contribution in [3.05, 3.63) is 120 Å². The molecule has 0 saturated carbocycles. The van der Waals surface area contributed by atoms with Crippen molar-refractivity contribution >= 4 is 8.32 Å². The maximum absolute atomic E-state index is 7.14. The van der Waals surface area contributed by atoms with Gasteiger partial charge in [-0.15, -0.1) is 6.58 Å². The summed E-state index contributed by atoms with van der Waals surface area (Å²) in [6.07, 6.45) is 1.10. The van der Waals surface area contributed by atoms with E-state index in [0.29, 0.717) is 33.0 Å². The average molecular weight is 633 g/mol. The molecule has 1 saturated heterocycles. The molecule has 3 aromatic carbocycles. The van der Waals surface area contributed by atoms with Gasteiger partial charge in [-0.25, -0.2) is 0 Å².